The Morgan fingerprint density at radius 1 is 1.40 bits per heavy atom. The largest absolute Gasteiger partial charge is 0.478 e. The highest BCUT2D eigenvalue weighted by Gasteiger charge is 2.22. The molecule has 1 heterocycles. The lowest BCUT2D eigenvalue weighted by atomic mass is 10.1. The van der Waals surface area contributed by atoms with Crippen LogP contribution in [0, 0.1) is 17.0 Å². The van der Waals surface area contributed by atoms with Crippen molar-refractivity contribution in [2.24, 2.45) is 0 Å². The van der Waals surface area contributed by atoms with E-state index in [1.54, 1.807) is 6.92 Å². The summed E-state index contributed by atoms with van der Waals surface area (Å²) in [5.41, 5.74) is -0.230. The normalized spacial score (nSPS) is 10.6. The zero-order valence-corrected chi connectivity index (χ0v) is 11.5. The van der Waals surface area contributed by atoms with Crippen LogP contribution in [0.2, 0.25) is 10.0 Å². The second-order valence-corrected chi connectivity index (χ2v) is 4.71. The molecule has 0 unspecified atom stereocenters. The van der Waals surface area contributed by atoms with Gasteiger partial charge in [0.05, 0.1) is 31.9 Å². The highest BCUT2D eigenvalue weighted by atomic mass is 35.5. The van der Waals surface area contributed by atoms with Crippen molar-refractivity contribution >= 4 is 34.9 Å². The summed E-state index contributed by atoms with van der Waals surface area (Å²) in [6.07, 6.45) is 1.39. The molecule has 0 saturated carbocycles. The minimum atomic E-state index is -1.35. The van der Waals surface area contributed by atoms with Crippen LogP contribution in [0.3, 0.4) is 0 Å². The van der Waals surface area contributed by atoms with Crippen molar-refractivity contribution in [2.45, 2.75) is 6.92 Å². The van der Waals surface area contributed by atoms with E-state index >= 15 is 0 Å². The summed E-state index contributed by atoms with van der Waals surface area (Å²) in [5.74, 6) is -1.35. The molecule has 0 radical (unpaired) electrons. The summed E-state index contributed by atoms with van der Waals surface area (Å²) in [4.78, 5) is 21.3. The van der Waals surface area contributed by atoms with Gasteiger partial charge in [0.25, 0.3) is 5.69 Å². The van der Waals surface area contributed by atoms with Crippen LogP contribution in [0.15, 0.2) is 18.3 Å². The van der Waals surface area contributed by atoms with E-state index in [-0.39, 0.29) is 16.3 Å². The number of carboxylic acids is 1. The van der Waals surface area contributed by atoms with Gasteiger partial charge in [0.2, 0.25) is 0 Å². The first kappa shape index (κ1) is 14.3. The number of carbonyl (C=O) groups is 1. The predicted octanol–water partition coefficient (Wildman–Crippen LogP) is 3.09. The number of aromatic nitrogens is 2. The topological polar surface area (TPSA) is 98.3 Å². The summed E-state index contributed by atoms with van der Waals surface area (Å²) in [6.45, 7) is 1.64. The van der Waals surface area contributed by atoms with Gasteiger partial charge in [-0.3, -0.25) is 10.1 Å². The molecule has 20 heavy (non-hydrogen) atoms. The van der Waals surface area contributed by atoms with Crippen LogP contribution in [0.4, 0.5) is 5.69 Å². The van der Waals surface area contributed by atoms with Gasteiger partial charge in [0.1, 0.15) is 0 Å². The molecule has 104 valence electrons. The van der Waals surface area contributed by atoms with Crippen LogP contribution >= 0.6 is 23.2 Å². The average molecular weight is 316 g/mol. The molecular weight excluding hydrogens is 309 g/mol. The Labute approximate surface area is 122 Å². The Kier molecular flexibility index (Phi) is 3.65. The van der Waals surface area contributed by atoms with E-state index in [4.69, 9.17) is 23.2 Å². The van der Waals surface area contributed by atoms with E-state index in [1.165, 1.54) is 10.9 Å². The van der Waals surface area contributed by atoms with Crippen LogP contribution in [0.1, 0.15) is 16.1 Å². The second kappa shape index (κ2) is 5.10. The molecule has 1 aromatic heterocycles. The number of nitro groups is 1. The lowest BCUT2D eigenvalue weighted by molar-refractivity contribution is -0.384. The van der Waals surface area contributed by atoms with Crippen molar-refractivity contribution in [3.05, 3.63) is 49.7 Å². The first-order valence-electron chi connectivity index (χ1n) is 5.24. The molecule has 1 aromatic carbocycles. The molecule has 0 atom stereocenters. The first-order chi connectivity index (χ1) is 9.31. The third-order valence-corrected chi connectivity index (χ3v) is 3.22. The number of nitrogens with zero attached hydrogens (tertiary/aromatic N) is 3. The molecule has 0 aliphatic heterocycles. The molecule has 1 N–H and O–H groups in total. The lowest BCUT2D eigenvalue weighted by Crippen LogP contribution is -2.08. The van der Waals surface area contributed by atoms with Gasteiger partial charge in [-0.25, -0.2) is 9.48 Å². The highest BCUT2D eigenvalue weighted by Crippen LogP contribution is 2.30. The Balaban J connectivity index is 2.74. The lowest BCUT2D eigenvalue weighted by Gasteiger charge is -2.08. The van der Waals surface area contributed by atoms with Gasteiger partial charge in [-0.2, -0.15) is 5.10 Å². The van der Waals surface area contributed by atoms with Crippen LogP contribution in [0.5, 0.6) is 0 Å². The quantitative estimate of drug-likeness (QED) is 0.693. The zero-order valence-electron chi connectivity index (χ0n) is 10.0. The number of carboxylic acid groups (broad SMARTS) is 1. The van der Waals surface area contributed by atoms with Gasteiger partial charge >= 0.3 is 5.97 Å². The Morgan fingerprint density at radius 2 is 2.05 bits per heavy atom. The van der Waals surface area contributed by atoms with E-state index < -0.39 is 16.6 Å². The summed E-state index contributed by atoms with van der Waals surface area (Å²) >= 11 is 11.8. The zero-order chi connectivity index (χ0) is 15.0. The Hall–Kier alpha value is -2.12. The Morgan fingerprint density at radius 3 is 2.50 bits per heavy atom. The van der Waals surface area contributed by atoms with Crippen LogP contribution in [-0.4, -0.2) is 25.8 Å². The van der Waals surface area contributed by atoms with Gasteiger partial charge in [-0.1, -0.05) is 23.2 Å². The molecule has 0 aliphatic rings. The molecular formula is C11H7Cl2N3O4. The third kappa shape index (κ3) is 2.45. The predicted molar refractivity (Wildman–Crippen MR) is 71.9 cm³/mol. The molecule has 2 aromatic rings. The molecule has 0 aliphatic carbocycles. The molecule has 0 bridgehead atoms. The number of hydrogen-bond donors (Lipinski definition) is 1. The van der Waals surface area contributed by atoms with Crippen molar-refractivity contribution < 1.29 is 14.8 Å². The highest BCUT2D eigenvalue weighted by molar-refractivity contribution is 6.33. The molecule has 2 rings (SSSR count). The van der Waals surface area contributed by atoms with E-state index in [2.05, 4.69) is 5.10 Å². The summed E-state index contributed by atoms with van der Waals surface area (Å²) in [5, 5.41) is 24.2. The fraction of sp³-hybridized carbons (Fsp3) is 0.0909. The summed E-state index contributed by atoms with van der Waals surface area (Å²) in [7, 11) is 0. The molecule has 0 amide bonds. The van der Waals surface area contributed by atoms with Crippen LogP contribution in [0.25, 0.3) is 5.69 Å². The molecule has 0 saturated heterocycles. The van der Waals surface area contributed by atoms with Crippen LogP contribution in [-0.2, 0) is 0 Å². The number of nitro benzene ring substituents is 1. The van der Waals surface area contributed by atoms with Crippen molar-refractivity contribution in [1.82, 2.24) is 9.78 Å². The van der Waals surface area contributed by atoms with Crippen LogP contribution < -0.4 is 0 Å². The third-order valence-electron chi connectivity index (χ3n) is 2.56. The van der Waals surface area contributed by atoms with E-state index in [1.807, 2.05) is 0 Å². The molecule has 0 spiro atoms. The van der Waals surface area contributed by atoms with Gasteiger partial charge in [-0.05, 0) is 6.92 Å². The van der Waals surface area contributed by atoms with Crippen molar-refractivity contribution in [3.63, 3.8) is 0 Å². The minimum absolute atomic E-state index is 0.0276. The van der Waals surface area contributed by atoms with Gasteiger partial charge in [0.15, 0.2) is 0 Å². The SMILES string of the molecule is Cc1nn(-c2c(Cl)cc([N+](=O)[O-])cc2C(=O)O)cc1Cl. The Bertz CT molecular complexity index is 707. The van der Waals surface area contributed by atoms with Crippen molar-refractivity contribution in [1.29, 1.82) is 0 Å². The standard InChI is InChI=1S/C11H7Cl2N3O4/c1-5-9(13)4-15(14-5)10-7(11(17)18)2-6(16(19)20)3-8(10)12/h2-4H,1H3,(H,17,18). The maximum atomic E-state index is 11.3. The number of halogens is 2. The molecule has 7 nitrogen and oxygen atoms in total. The minimum Gasteiger partial charge on any atom is -0.478 e. The number of aromatic carboxylic acids is 1. The summed E-state index contributed by atoms with van der Waals surface area (Å²) in [6, 6.07) is 1.99. The second-order valence-electron chi connectivity index (χ2n) is 3.89. The summed E-state index contributed by atoms with van der Waals surface area (Å²) < 4.78 is 1.19. The monoisotopic (exact) mass is 315 g/mol. The average Bonchev–Trinajstić information content (AvgIpc) is 2.67. The first-order valence-corrected chi connectivity index (χ1v) is 6.00. The number of aryl methyl sites for hydroxylation is 1. The van der Waals surface area contributed by atoms with Gasteiger partial charge < -0.3 is 5.11 Å². The molecule has 0 fully saturated rings. The number of rotatable bonds is 3. The van der Waals surface area contributed by atoms with Gasteiger partial charge in [0, 0.05) is 18.3 Å². The maximum absolute atomic E-state index is 11.3. The van der Waals surface area contributed by atoms with Crippen molar-refractivity contribution in [3.8, 4) is 5.69 Å². The van der Waals surface area contributed by atoms with E-state index in [9.17, 15) is 20.0 Å². The fourth-order valence-corrected chi connectivity index (χ4v) is 2.07. The van der Waals surface area contributed by atoms with Crippen molar-refractivity contribution in [2.75, 3.05) is 0 Å². The fourth-order valence-electron chi connectivity index (χ4n) is 1.64. The van der Waals surface area contributed by atoms with E-state index in [0.29, 0.717) is 10.7 Å². The number of non-ortho nitro benzene ring substituents is 1. The number of hydrogen-bond acceptors (Lipinski definition) is 4. The van der Waals surface area contributed by atoms with E-state index in [0.717, 1.165) is 12.1 Å². The smallest absolute Gasteiger partial charge is 0.338 e. The maximum Gasteiger partial charge on any atom is 0.338 e. The van der Waals surface area contributed by atoms with Gasteiger partial charge in [-0.15, -0.1) is 0 Å². The number of benzene rings is 1. The molecule has 9 heteroatoms.